The number of carbonyl (C=O) groups excluding carboxylic acids is 1. The molecule has 5 nitrogen and oxygen atoms in total. The zero-order valence-corrected chi connectivity index (χ0v) is 16.8. The fourth-order valence-corrected chi connectivity index (χ4v) is 4.63. The number of rotatable bonds is 4. The van der Waals surface area contributed by atoms with Crippen molar-refractivity contribution < 1.29 is 9.53 Å². The average Bonchev–Trinajstić information content (AvgIpc) is 2.75. The Morgan fingerprint density at radius 3 is 2.64 bits per heavy atom. The van der Waals surface area contributed by atoms with Gasteiger partial charge < -0.3 is 9.64 Å². The molecule has 0 aromatic heterocycles. The number of amides is 1. The van der Waals surface area contributed by atoms with Crippen molar-refractivity contribution in [2.75, 3.05) is 45.9 Å². The highest BCUT2D eigenvalue weighted by atomic mass is 16.6. The lowest BCUT2D eigenvalue weighted by Gasteiger charge is -2.43. The number of ether oxygens (including phenoxy) is 1. The van der Waals surface area contributed by atoms with Crippen LogP contribution in [0.1, 0.15) is 25.3 Å². The second-order valence-corrected chi connectivity index (χ2v) is 7.89. The highest BCUT2D eigenvalue weighted by Gasteiger charge is 2.29. The van der Waals surface area contributed by atoms with Gasteiger partial charge in [0.2, 0.25) is 0 Å². The molecule has 2 heterocycles. The maximum Gasteiger partial charge on any atom is 0.409 e. The Morgan fingerprint density at radius 2 is 1.82 bits per heavy atom. The van der Waals surface area contributed by atoms with Crippen LogP contribution in [0.2, 0.25) is 0 Å². The number of hydrogen-bond donors (Lipinski definition) is 0. The molecule has 5 heteroatoms. The molecule has 0 aliphatic carbocycles. The van der Waals surface area contributed by atoms with Crippen LogP contribution in [0.5, 0.6) is 0 Å². The topological polar surface area (TPSA) is 36.0 Å². The predicted octanol–water partition coefficient (Wildman–Crippen LogP) is 3.58. The molecule has 0 saturated carbocycles. The van der Waals surface area contributed by atoms with Crippen LogP contribution in [-0.4, -0.2) is 72.7 Å². The van der Waals surface area contributed by atoms with Gasteiger partial charge in [0.1, 0.15) is 0 Å². The minimum atomic E-state index is -0.164. The van der Waals surface area contributed by atoms with Gasteiger partial charge in [-0.15, -0.1) is 0 Å². The molecule has 2 fully saturated rings. The maximum absolute atomic E-state index is 11.9. The Labute approximate surface area is 167 Å². The van der Waals surface area contributed by atoms with Crippen molar-refractivity contribution in [3.8, 4) is 0 Å². The number of hydrogen-bond acceptors (Lipinski definition) is 4. The van der Waals surface area contributed by atoms with E-state index in [4.69, 9.17) is 4.74 Å². The van der Waals surface area contributed by atoms with Gasteiger partial charge in [0.15, 0.2) is 0 Å². The van der Waals surface area contributed by atoms with E-state index in [2.05, 4.69) is 52.3 Å². The first-order valence-corrected chi connectivity index (χ1v) is 10.6. The smallest absolute Gasteiger partial charge is 0.409 e. The Balaban J connectivity index is 1.35. The Kier molecular flexibility index (Phi) is 6.13. The number of piperidine rings is 1. The van der Waals surface area contributed by atoms with Gasteiger partial charge in [-0.1, -0.05) is 42.5 Å². The summed E-state index contributed by atoms with van der Waals surface area (Å²) in [7, 11) is 0. The summed E-state index contributed by atoms with van der Waals surface area (Å²) in [4.78, 5) is 18.9. The van der Waals surface area contributed by atoms with Gasteiger partial charge in [-0.3, -0.25) is 9.80 Å². The zero-order valence-electron chi connectivity index (χ0n) is 16.8. The molecule has 0 spiro atoms. The molecule has 2 aromatic rings. The summed E-state index contributed by atoms with van der Waals surface area (Å²) >= 11 is 0. The van der Waals surface area contributed by atoms with Crippen molar-refractivity contribution in [1.82, 2.24) is 14.7 Å². The van der Waals surface area contributed by atoms with Crippen molar-refractivity contribution in [1.29, 1.82) is 0 Å². The largest absolute Gasteiger partial charge is 0.450 e. The third-order valence-corrected chi connectivity index (χ3v) is 6.11. The van der Waals surface area contributed by atoms with Gasteiger partial charge >= 0.3 is 6.09 Å². The van der Waals surface area contributed by atoms with Crippen LogP contribution in [0.15, 0.2) is 42.5 Å². The van der Waals surface area contributed by atoms with E-state index in [1.54, 1.807) is 0 Å². The highest BCUT2D eigenvalue weighted by molar-refractivity contribution is 5.85. The number of carbonyl (C=O) groups is 1. The first-order chi connectivity index (χ1) is 13.7. The number of likely N-dealkylation sites (tertiary alicyclic amines) is 1. The van der Waals surface area contributed by atoms with Crippen molar-refractivity contribution in [2.45, 2.75) is 32.4 Å². The van der Waals surface area contributed by atoms with Crippen LogP contribution in [0.3, 0.4) is 0 Å². The predicted molar refractivity (Wildman–Crippen MR) is 112 cm³/mol. The summed E-state index contributed by atoms with van der Waals surface area (Å²) < 4.78 is 5.14. The summed E-state index contributed by atoms with van der Waals surface area (Å²) in [5, 5.41) is 2.69. The Bertz CT molecular complexity index is 796. The van der Waals surface area contributed by atoms with Crippen LogP contribution >= 0.6 is 0 Å². The summed E-state index contributed by atoms with van der Waals surface area (Å²) in [6.07, 6.45) is 2.34. The minimum Gasteiger partial charge on any atom is -0.450 e. The van der Waals surface area contributed by atoms with E-state index in [1.165, 1.54) is 35.7 Å². The molecule has 2 aliphatic heterocycles. The van der Waals surface area contributed by atoms with Crippen molar-refractivity contribution in [2.24, 2.45) is 0 Å². The van der Waals surface area contributed by atoms with Crippen LogP contribution < -0.4 is 0 Å². The summed E-state index contributed by atoms with van der Waals surface area (Å²) in [5.74, 6) is 0. The lowest BCUT2D eigenvalue weighted by atomic mass is 10.0. The molecule has 2 aromatic carbocycles. The Hall–Kier alpha value is -2.11. The van der Waals surface area contributed by atoms with E-state index in [1.807, 2.05) is 11.8 Å². The number of nitrogens with zero attached hydrogens (tertiary/aromatic N) is 3. The first-order valence-electron chi connectivity index (χ1n) is 10.6. The molecule has 0 bridgehead atoms. The third-order valence-electron chi connectivity index (χ3n) is 6.11. The van der Waals surface area contributed by atoms with Gasteiger partial charge in [-0.25, -0.2) is 4.79 Å². The molecule has 150 valence electrons. The van der Waals surface area contributed by atoms with Gasteiger partial charge in [-0.2, -0.15) is 0 Å². The Morgan fingerprint density at radius 1 is 1.04 bits per heavy atom. The van der Waals surface area contributed by atoms with E-state index >= 15 is 0 Å². The monoisotopic (exact) mass is 381 g/mol. The van der Waals surface area contributed by atoms with Gasteiger partial charge in [-0.05, 0) is 42.6 Å². The van der Waals surface area contributed by atoms with Crippen molar-refractivity contribution in [3.05, 3.63) is 48.0 Å². The van der Waals surface area contributed by atoms with Crippen molar-refractivity contribution >= 4 is 16.9 Å². The van der Waals surface area contributed by atoms with E-state index in [-0.39, 0.29) is 6.09 Å². The zero-order chi connectivity index (χ0) is 19.3. The van der Waals surface area contributed by atoms with E-state index < -0.39 is 0 Å². The standard InChI is InChI=1S/C23H31N3O2/c1-2-28-23(27)26-15-13-25(14-16-26)21-10-6-12-24(18-21)17-20-9-5-8-19-7-3-4-11-22(19)20/h3-5,7-9,11,21H,2,6,10,12-18H2,1H3/t21-/m0/s1. The van der Waals surface area contributed by atoms with Gasteiger partial charge in [0.05, 0.1) is 6.61 Å². The molecule has 2 saturated heterocycles. The molecule has 0 radical (unpaired) electrons. The minimum absolute atomic E-state index is 0.164. The lowest BCUT2D eigenvalue weighted by molar-refractivity contribution is 0.0413. The number of piperazine rings is 1. The number of fused-ring (bicyclic) bond motifs is 1. The van der Waals surface area contributed by atoms with Gasteiger partial charge in [0, 0.05) is 45.3 Å². The van der Waals surface area contributed by atoms with Gasteiger partial charge in [0.25, 0.3) is 0 Å². The second-order valence-electron chi connectivity index (χ2n) is 7.89. The van der Waals surface area contributed by atoms with Crippen LogP contribution in [0.4, 0.5) is 4.79 Å². The van der Waals surface area contributed by atoms with Crippen LogP contribution in [0.25, 0.3) is 10.8 Å². The second kappa shape index (κ2) is 8.93. The molecule has 1 amide bonds. The molecule has 2 aliphatic rings. The first kappa shape index (κ1) is 19.2. The van der Waals surface area contributed by atoms with Crippen molar-refractivity contribution in [3.63, 3.8) is 0 Å². The SMILES string of the molecule is CCOC(=O)N1CCN([C@H]2CCCN(Cc3cccc4ccccc34)C2)CC1. The molecule has 0 unspecified atom stereocenters. The lowest BCUT2D eigenvalue weighted by Crippen LogP contribution is -2.55. The summed E-state index contributed by atoms with van der Waals surface area (Å²) in [6, 6.07) is 15.9. The molecular formula is C23H31N3O2. The fraction of sp³-hybridized carbons (Fsp3) is 0.522. The van der Waals surface area contributed by atoms with Crippen LogP contribution in [0, 0.1) is 0 Å². The molecule has 0 N–H and O–H groups in total. The fourth-order valence-electron chi connectivity index (χ4n) is 4.63. The summed E-state index contributed by atoms with van der Waals surface area (Å²) in [6.45, 7) is 9.06. The normalized spacial score (nSPS) is 21.8. The summed E-state index contributed by atoms with van der Waals surface area (Å²) in [5.41, 5.74) is 1.42. The van der Waals surface area contributed by atoms with E-state index in [0.717, 1.165) is 39.3 Å². The maximum atomic E-state index is 11.9. The third kappa shape index (κ3) is 4.31. The van der Waals surface area contributed by atoms with E-state index in [0.29, 0.717) is 12.6 Å². The molecule has 1 atom stereocenters. The average molecular weight is 382 g/mol. The quantitative estimate of drug-likeness (QED) is 0.811. The highest BCUT2D eigenvalue weighted by Crippen LogP contribution is 2.23. The van der Waals surface area contributed by atoms with E-state index in [9.17, 15) is 4.79 Å². The van der Waals surface area contributed by atoms with Crippen LogP contribution in [-0.2, 0) is 11.3 Å². The molecule has 4 rings (SSSR count). The molecular weight excluding hydrogens is 350 g/mol. The number of benzene rings is 2. The molecule has 28 heavy (non-hydrogen) atoms.